The second-order valence-electron chi connectivity index (χ2n) is 3.19. The lowest BCUT2D eigenvalue weighted by atomic mass is 10.3. The van der Waals surface area contributed by atoms with Crippen LogP contribution in [0.2, 0.25) is 0 Å². The van der Waals surface area contributed by atoms with Gasteiger partial charge in [0, 0.05) is 6.07 Å². The van der Waals surface area contributed by atoms with Crippen molar-refractivity contribution < 1.29 is 19.4 Å². The molecule has 8 heteroatoms. The molecule has 0 saturated heterocycles. The predicted molar refractivity (Wildman–Crippen MR) is 53.8 cm³/mol. The number of hydrogen-bond acceptors (Lipinski definition) is 6. The van der Waals surface area contributed by atoms with Gasteiger partial charge in [0.1, 0.15) is 5.82 Å². The van der Waals surface area contributed by atoms with Crippen LogP contribution >= 0.6 is 0 Å². The zero-order valence-electron chi connectivity index (χ0n) is 9.04. The Balaban J connectivity index is 2.77. The summed E-state index contributed by atoms with van der Waals surface area (Å²) >= 11 is 0. The molecule has 8 nitrogen and oxygen atoms in total. The molecule has 0 amide bonds. The zero-order valence-corrected chi connectivity index (χ0v) is 9.04. The number of esters is 1. The van der Waals surface area contributed by atoms with E-state index in [2.05, 4.69) is 19.8 Å². The van der Waals surface area contributed by atoms with Crippen molar-refractivity contribution >= 4 is 17.7 Å². The molecule has 88 valence electrons. The summed E-state index contributed by atoms with van der Waals surface area (Å²) in [4.78, 5) is 30.0. The highest BCUT2D eigenvalue weighted by Crippen LogP contribution is 2.08. The summed E-state index contributed by atoms with van der Waals surface area (Å²) in [5.41, 5.74) is -0.319. The van der Waals surface area contributed by atoms with Gasteiger partial charge in [-0.1, -0.05) is 0 Å². The normalized spacial score (nSPS) is 10.5. The van der Waals surface area contributed by atoms with E-state index in [1.54, 1.807) is 6.92 Å². The van der Waals surface area contributed by atoms with Gasteiger partial charge in [-0.2, -0.15) is 9.50 Å². The van der Waals surface area contributed by atoms with Gasteiger partial charge in [-0.3, -0.25) is 0 Å². The van der Waals surface area contributed by atoms with Crippen molar-refractivity contribution in [2.45, 2.75) is 6.92 Å². The third-order valence-corrected chi connectivity index (χ3v) is 2.03. The molecule has 0 bridgehead atoms. The molecular formula is C9H8N4O4. The van der Waals surface area contributed by atoms with Gasteiger partial charge in [0.05, 0.1) is 7.11 Å². The van der Waals surface area contributed by atoms with Gasteiger partial charge in [0.25, 0.3) is 5.78 Å². The fourth-order valence-electron chi connectivity index (χ4n) is 1.33. The second kappa shape index (κ2) is 3.81. The van der Waals surface area contributed by atoms with E-state index in [1.807, 2.05) is 0 Å². The third-order valence-electron chi connectivity index (χ3n) is 2.03. The molecule has 0 saturated carbocycles. The number of carbonyl (C=O) groups excluding carboxylic acids is 1. The molecule has 2 heterocycles. The molecule has 17 heavy (non-hydrogen) atoms. The van der Waals surface area contributed by atoms with Crippen LogP contribution in [0.5, 0.6) is 0 Å². The lowest BCUT2D eigenvalue weighted by Gasteiger charge is -2.02. The van der Waals surface area contributed by atoms with E-state index >= 15 is 0 Å². The van der Waals surface area contributed by atoms with E-state index < -0.39 is 11.9 Å². The summed E-state index contributed by atoms with van der Waals surface area (Å²) in [6.45, 7) is 1.61. The number of carboxylic acids is 1. The van der Waals surface area contributed by atoms with Gasteiger partial charge in [-0.15, -0.1) is 5.10 Å². The number of aromatic carboxylic acids is 1. The monoisotopic (exact) mass is 236 g/mol. The van der Waals surface area contributed by atoms with Gasteiger partial charge >= 0.3 is 11.9 Å². The van der Waals surface area contributed by atoms with Crippen LogP contribution in [0.25, 0.3) is 5.78 Å². The highest BCUT2D eigenvalue weighted by Gasteiger charge is 2.18. The summed E-state index contributed by atoms with van der Waals surface area (Å²) < 4.78 is 5.69. The van der Waals surface area contributed by atoms with Crippen molar-refractivity contribution in [3.63, 3.8) is 0 Å². The maximum atomic E-state index is 11.5. The number of hydrogen-bond donors (Lipinski definition) is 1. The van der Waals surface area contributed by atoms with Crippen LogP contribution in [-0.4, -0.2) is 43.7 Å². The van der Waals surface area contributed by atoms with Crippen LogP contribution in [-0.2, 0) is 4.74 Å². The molecule has 0 aromatic carbocycles. The summed E-state index contributed by atoms with van der Waals surface area (Å²) in [5.74, 6) is -1.53. The largest absolute Gasteiger partial charge is 0.477 e. The zero-order chi connectivity index (χ0) is 12.6. The molecule has 0 radical (unpaired) electrons. The Morgan fingerprint density at radius 3 is 2.71 bits per heavy atom. The van der Waals surface area contributed by atoms with Gasteiger partial charge in [0.2, 0.25) is 0 Å². The molecule has 2 aromatic heterocycles. The minimum absolute atomic E-state index is 0.0319. The van der Waals surface area contributed by atoms with E-state index in [9.17, 15) is 9.59 Å². The standard InChI is InChI=1S/C9H8N4O4/c1-4-10-9-11-5(7(14)15)3-6(8(16)17-2)13(9)12-4/h3H,1-2H3,(H,14,15). The number of nitrogens with zero attached hydrogens (tertiary/aromatic N) is 4. The Bertz CT molecular complexity index is 619. The first-order valence-corrected chi connectivity index (χ1v) is 4.59. The number of aryl methyl sites for hydroxylation is 1. The number of fused-ring (bicyclic) bond motifs is 1. The lowest BCUT2D eigenvalue weighted by Crippen LogP contribution is -2.13. The van der Waals surface area contributed by atoms with E-state index in [-0.39, 0.29) is 17.2 Å². The summed E-state index contributed by atoms with van der Waals surface area (Å²) in [7, 11) is 1.19. The van der Waals surface area contributed by atoms with Crippen molar-refractivity contribution in [1.29, 1.82) is 0 Å². The Morgan fingerprint density at radius 2 is 2.12 bits per heavy atom. The topological polar surface area (TPSA) is 107 Å². The lowest BCUT2D eigenvalue weighted by molar-refractivity contribution is 0.0590. The van der Waals surface area contributed by atoms with Gasteiger partial charge in [0.15, 0.2) is 11.4 Å². The molecular weight excluding hydrogens is 228 g/mol. The predicted octanol–water partition coefficient (Wildman–Crippen LogP) is -0.0825. The van der Waals surface area contributed by atoms with Crippen LogP contribution in [0.3, 0.4) is 0 Å². The maximum absolute atomic E-state index is 11.5. The van der Waals surface area contributed by atoms with Crippen molar-refractivity contribution in [1.82, 2.24) is 19.6 Å². The summed E-state index contributed by atoms with van der Waals surface area (Å²) in [6, 6.07) is 1.09. The summed E-state index contributed by atoms with van der Waals surface area (Å²) in [6.07, 6.45) is 0. The minimum Gasteiger partial charge on any atom is -0.477 e. The molecule has 0 aliphatic rings. The minimum atomic E-state index is -1.25. The quantitative estimate of drug-likeness (QED) is 0.726. The molecule has 0 aliphatic carbocycles. The van der Waals surface area contributed by atoms with Crippen molar-refractivity contribution in [3.8, 4) is 0 Å². The average Bonchev–Trinajstić information content (AvgIpc) is 2.66. The maximum Gasteiger partial charge on any atom is 0.356 e. The number of carbonyl (C=O) groups is 2. The van der Waals surface area contributed by atoms with Gasteiger partial charge < -0.3 is 9.84 Å². The summed E-state index contributed by atoms with van der Waals surface area (Å²) in [5, 5.41) is 12.8. The molecule has 2 aromatic rings. The van der Waals surface area contributed by atoms with Crippen LogP contribution < -0.4 is 0 Å². The molecule has 0 aliphatic heterocycles. The van der Waals surface area contributed by atoms with Crippen molar-refractivity contribution in [2.24, 2.45) is 0 Å². The van der Waals surface area contributed by atoms with Crippen LogP contribution in [0.1, 0.15) is 26.8 Å². The fraction of sp³-hybridized carbons (Fsp3) is 0.222. The van der Waals surface area contributed by atoms with Crippen LogP contribution in [0.15, 0.2) is 6.07 Å². The second-order valence-corrected chi connectivity index (χ2v) is 3.19. The highest BCUT2D eigenvalue weighted by molar-refractivity contribution is 5.92. The van der Waals surface area contributed by atoms with Crippen molar-refractivity contribution in [3.05, 3.63) is 23.3 Å². The van der Waals surface area contributed by atoms with Gasteiger partial charge in [-0.25, -0.2) is 14.6 Å². The van der Waals surface area contributed by atoms with E-state index in [1.165, 1.54) is 7.11 Å². The highest BCUT2D eigenvalue weighted by atomic mass is 16.5. The Hall–Kier alpha value is -2.51. The smallest absolute Gasteiger partial charge is 0.356 e. The molecule has 0 fully saturated rings. The van der Waals surface area contributed by atoms with E-state index in [0.717, 1.165) is 10.6 Å². The van der Waals surface area contributed by atoms with E-state index in [0.29, 0.717) is 5.82 Å². The fourth-order valence-corrected chi connectivity index (χ4v) is 1.33. The van der Waals surface area contributed by atoms with Gasteiger partial charge in [-0.05, 0) is 6.92 Å². The Morgan fingerprint density at radius 1 is 1.41 bits per heavy atom. The first kappa shape index (κ1) is 11.0. The molecule has 2 rings (SSSR count). The Labute approximate surface area is 94.9 Å². The number of methoxy groups -OCH3 is 1. The van der Waals surface area contributed by atoms with Crippen molar-refractivity contribution in [2.75, 3.05) is 7.11 Å². The number of carboxylic acid groups (broad SMARTS) is 1. The number of ether oxygens (including phenoxy) is 1. The molecule has 1 N–H and O–H groups in total. The first-order chi connectivity index (χ1) is 8.02. The molecule has 0 spiro atoms. The number of aromatic nitrogens is 4. The SMILES string of the molecule is COC(=O)c1cc(C(=O)O)nc2nc(C)nn12. The third kappa shape index (κ3) is 1.80. The Kier molecular flexibility index (Phi) is 2.47. The first-order valence-electron chi connectivity index (χ1n) is 4.59. The number of rotatable bonds is 2. The molecule has 0 unspecified atom stereocenters. The van der Waals surface area contributed by atoms with Crippen LogP contribution in [0, 0.1) is 6.92 Å². The van der Waals surface area contributed by atoms with Crippen LogP contribution in [0.4, 0.5) is 0 Å². The molecule has 0 atom stereocenters. The average molecular weight is 236 g/mol. The van der Waals surface area contributed by atoms with E-state index in [4.69, 9.17) is 5.11 Å².